The molecule has 1 fully saturated rings. The zero-order valence-electron chi connectivity index (χ0n) is 18.3. The van der Waals surface area contributed by atoms with E-state index in [1.165, 1.54) is 37.8 Å². The lowest BCUT2D eigenvalue weighted by atomic mass is 10.1. The van der Waals surface area contributed by atoms with Crippen molar-refractivity contribution >= 4 is 23.2 Å². The maximum absolute atomic E-state index is 12.2. The Bertz CT molecular complexity index is 1080. The molecule has 0 atom stereocenters. The van der Waals surface area contributed by atoms with E-state index >= 15 is 0 Å². The van der Waals surface area contributed by atoms with Gasteiger partial charge in [0, 0.05) is 30.0 Å². The van der Waals surface area contributed by atoms with Gasteiger partial charge in [0.25, 0.3) is 0 Å². The molecule has 7 nitrogen and oxygen atoms in total. The van der Waals surface area contributed by atoms with Gasteiger partial charge in [-0.05, 0) is 61.4 Å². The Balaban J connectivity index is 1.32. The molecular weight excluding hydrogens is 447 g/mol. The zero-order valence-corrected chi connectivity index (χ0v) is 18.3. The maximum atomic E-state index is 12.2. The van der Waals surface area contributed by atoms with E-state index in [1.807, 2.05) is 24.3 Å². The predicted octanol–water partition coefficient (Wildman–Crippen LogP) is 6.07. The number of amides is 2. The fourth-order valence-corrected chi connectivity index (χ4v) is 3.71. The van der Waals surface area contributed by atoms with Crippen LogP contribution >= 0.6 is 0 Å². The van der Waals surface area contributed by atoms with Crippen LogP contribution in [0.4, 0.5) is 35.2 Å². The number of carbonyl (C=O) groups excluding carboxylic acids is 1. The van der Waals surface area contributed by atoms with Gasteiger partial charge in [-0.1, -0.05) is 25.0 Å². The average molecular weight is 471 g/mol. The van der Waals surface area contributed by atoms with Crippen molar-refractivity contribution in [3.05, 3.63) is 60.7 Å². The van der Waals surface area contributed by atoms with Crippen molar-refractivity contribution in [2.24, 2.45) is 0 Å². The van der Waals surface area contributed by atoms with E-state index in [0.29, 0.717) is 11.4 Å². The Morgan fingerprint density at radius 1 is 0.794 bits per heavy atom. The number of halogens is 3. The van der Waals surface area contributed by atoms with E-state index in [2.05, 4.69) is 30.5 Å². The van der Waals surface area contributed by atoms with E-state index < -0.39 is 12.4 Å². The van der Waals surface area contributed by atoms with Crippen molar-refractivity contribution in [2.45, 2.75) is 32.0 Å². The van der Waals surface area contributed by atoms with Crippen LogP contribution in [0.15, 0.2) is 60.7 Å². The van der Waals surface area contributed by atoms with Gasteiger partial charge in [-0.2, -0.15) is 0 Å². The Morgan fingerprint density at radius 3 is 1.91 bits per heavy atom. The summed E-state index contributed by atoms with van der Waals surface area (Å²) in [7, 11) is 0. The minimum absolute atomic E-state index is 0.323. The largest absolute Gasteiger partial charge is 0.573 e. The van der Waals surface area contributed by atoms with Crippen LogP contribution in [0.2, 0.25) is 0 Å². The van der Waals surface area contributed by atoms with Gasteiger partial charge in [0.05, 0.1) is 5.69 Å². The molecule has 1 aromatic heterocycles. The number of anilines is 3. The summed E-state index contributed by atoms with van der Waals surface area (Å²) < 4.78 is 40.5. The van der Waals surface area contributed by atoms with Crippen molar-refractivity contribution in [3.8, 4) is 17.0 Å². The molecule has 10 heteroatoms. The number of ether oxygens (including phenoxy) is 1. The number of benzene rings is 2. The maximum Gasteiger partial charge on any atom is 0.573 e. The lowest BCUT2D eigenvalue weighted by Gasteiger charge is -2.20. The number of nitrogens with one attached hydrogen (secondary N) is 2. The predicted molar refractivity (Wildman–Crippen MR) is 124 cm³/mol. The second-order valence-corrected chi connectivity index (χ2v) is 7.91. The number of carbonyl (C=O) groups is 1. The second-order valence-electron chi connectivity index (χ2n) is 7.91. The van der Waals surface area contributed by atoms with Gasteiger partial charge >= 0.3 is 12.4 Å². The van der Waals surface area contributed by atoms with Gasteiger partial charge < -0.3 is 20.3 Å². The smallest absolute Gasteiger partial charge is 0.406 e. The molecule has 3 aromatic rings. The third kappa shape index (κ3) is 6.60. The number of urea groups is 1. The molecule has 0 bridgehead atoms. The van der Waals surface area contributed by atoms with Crippen LogP contribution in [0.5, 0.6) is 5.75 Å². The molecule has 2 aromatic carbocycles. The molecule has 4 rings (SSSR count). The molecule has 2 N–H and O–H groups in total. The van der Waals surface area contributed by atoms with Crippen molar-refractivity contribution in [1.29, 1.82) is 0 Å². The Hall–Kier alpha value is -3.82. The van der Waals surface area contributed by atoms with Gasteiger partial charge in [-0.25, -0.2) is 4.79 Å². The molecular formula is C24H24F3N5O2. The topological polar surface area (TPSA) is 79.4 Å². The summed E-state index contributed by atoms with van der Waals surface area (Å²) in [5.74, 6) is 0.523. The number of hydrogen-bond acceptors (Lipinski definition) is 5. The number of rotatable bonds is 5. The van der Waals surface area contributed by atoms with Crippen LogP contribution in [0.1, 0.15) is 25.7 Å². The summed E-state index contributed by atoms with van der Waals surface area (Å²) in [6.07, 6.45) is 0.0819. The van der Waals surface area contributed by atoms with E-state index in [9.17, 15) is 18.0 Å². The van der Waals surface area contributed by atoms with Gasteiger partial charge in [0.15, 0.2) is 5.82 Å². The lowest BCUT2D eigenvalue weighted by molar-refractivity contribution is -0.274. The minimum atomic E-state index is -4.77. The molecule has 0 saturated carbocycles. The van der Waals surface area contributed by atoms with Crippen LogP contribution in [-0.4, -0.2) is 35.7 Å². The Morgan fingerprint density at radius 2 is 1.38 bits per heavy atom. The van der Waals surface area contributed by atoms with Crippen LogP contribution in [-0.2, 0) is 0 Å². The minimum Gasteiger partial charge on any atom is -0.406 e. The molecule has 0 aliphatic carbocycles. The van der Waals surface area contributed by atoms with Gasteiger partial charge in [0.1, 0.15) is 5.75 Å². The molecule has 178 valence electrons. The van der Waals surface area contributed by atoms with Gasteiger partial charge in [-0.15, -0.1) is 23.4 Å². The second kappa shape index (κ2) is 10.4. The quantitative estimate of drug-likeness (QED) is 0.472. The first-order chi connectivity index (χ1) is 16.4. The molecule has 2 amide bonds. The van der Waals surface area contributed by atoms with Crippen molar-refractivity contribution in [3.63, 3.8) is 0 Å². The Labute approximate surface area is 194 Å². The van der Waals surface area contributed by atoms with E-state index in [-0.39, 0.29) is 5.75 Å². The van der Waals surface area contributed by atoms with Gasteiger partial charge in [-0.3, -0.25) is 0 Å². The third-order valence-electron chi connectivity index (χ3n) is 5.36. The molecule has 1 aliphatic heterocycles. The highest BCUT2D eigenvalue weighted by atomic mass is 19.4. The van der Waals surface area contributed by atoms with Crippen molar-refractivity contribution in [2.75, 3.05) is 28.6 Å². The molecule has 1 aliphatic rings. The summed E-state index contributed by atoms with van der Waals surface area (Å²) in [5.41, 5.74) is 2.47. The average Bonchev–Trinajstić information content (AvgIpc) is 3.10. The first-order valence-electron chi connectivity index (χ1n) is 11.0. The standard InChI is InChI=1S/C24H24F3N5O2/c25-24(26,27)34-20-11-9-19(10-12-20)29-23(33)28-18-7-5-17(6-8-18)21-13-14-22(31-30-21)32-15-3-1-2-4-16-32/h5-14H,1-4,15-16H2,(H2,28,29,33). The summed E-state index contributed by atoms with van der Waals surface area (Å²) >= 11 is 0. The summed E-state index contributed by atoms with van der Waals surface area (Å²) in [6, 6.07) is 15.4. The summed E-state index contributed by atoms with van der Waals surface area (Å²) in [5, 5.41) is 14.0. The molecule has 0 unspecified atom stereocenters. The van der Waals surface area contributed by atoms with Crippen LogP contribution < -0.4 is 20.3 Å². The first kappa shape index (κ1) is 23.3. The third-order valence-corrected chi connectivity index (χ3v) is 5.36. The number of nitrogens with zero attached hydrogens (tertiary/aromatic N) is 3. The van der Waals surface area contributed by atoms with E-state index in [0.717, 1.165) is 42.3 Å². The van der Waals surface area contributed by atoms with Crippen LogP contribution in [0, 0.1) is 0 Å². The summed E-state index contributed by atoms with van der Waals surface area (Å²) in [4.78, 5) is 14.5. The zero-order chi connectivity index (χ0) is 24.0. The first-order valence-corrected chi connectivity index (χ1v) is 11.0. The van der Waals surface area contributed by atoms with Crippen molar-refractivity contribution < 1.29 is 22.7 Å². The highest BCUT2D eigenvalue weighted by molar-refractivity contribution is 5.99. The fourth-order valence-electron chi connectivity index (χ4n) is 3.71. The van der Waals surface area contributed by atoms with E-state index in [4.69, 9.17) is 0 Å². The molecule has 34 heavy (non-hydrogen) atoms. The summed E-state index contributed by atoms with van der Waals surface area (Å²) in [6.45, 7) is 2.00. The van der Waals surface area contributed by atoms with E-state index in [1.54, 1.807) is 12.1 Å². The van der Waals surface area contributed by atoms with Crippen LogP contribution in [0.3, 0.4) is 0 Å². The normalized spacial score (nSPS) is 14.3. The fraction of sp³-hybridized carbons (Fsp3) is 0.292. The number of aromatic nitrogens is 2. The molecule has 0 radical (unpaired) electrons. The SMILES string of the molecule is O=C(Nc1ccc(OC(F)(F)F)cc1)Nc1ccc(-c2ccc(N3CCCCCC3)nn2)cc1. The Kier molecular flexibility index (Phi) is 7.15. The highest BCUT2D eigenvalue weighted by Gasteiger charge is 2.31. The van der Waals surface area contributed by atoms with Crippen LogP contribution in [0.25, 0.3) is 11.3 Å². The number of alkyl halides is 3. The monoisotopic (exact) mass is 471 g/mol. The molecule has 0 spiro atoms. The lowest BCUT2D eigenvalue weighted by Crippen LogP contribution is -2.25. The van der Waals surface area contributed by atoms with Crippen molar-refractivity contribution in [1.82, 2.24) is 10.2 Å². The van der Waals surface area contributed by atoms with Gasteiger partial charge in [0.2, 0.25) is 0 Å². The molecule has 2 heterocycles. The number of hydrogen-bond donors (Lipinski definition) is 2. The molecule has 1 saturated heterocycles. The highest BCUT2D eigenvalue weighted by Crippen LogP contribution is 2.25.